The third-order valence-electron chi connectivity index (χ3n) is 3.66. The first-order chi connectivity index (χ1) is 7.97. The molecular weight excluding hydrogens is 218 g/mol. The van der Waals surface area contributed by atoms with E-state index in [1.807, 2.05) is 6.92 Å². The monoisotopic (exact) mass is 241 g/mol. The zero-order valence-electron chi connectivity index (χ0n) is 11.0. The maximum atomic E-state index is 12.2. The number of carboxylic acid groups (broad SMARTS) is 1. The molecule has 4 heteroatoms. The molecule has 0 bridgehead atoms. The Labute approximate surface area is 103 Å². The largest absolute Gasteiger partial charge is 0.481 e. The highest BCUT2D eigenvalue weighted by molar-refractivity contribution is 5.85. The van der Waals surface area contributed by atoms with Gasteiger partial charge in [0.25, 0.3) is 0 Å². The summed E-state index contributed by atoms with van der Waals surface area (Å²) in [4.78, 5) is 25.0. The summed E-state index contributed by atoms with van der Waals surface area (Å²) >= 11 is 0. The second-order valence-corrected chi connectivity index (χ2v) is 5.24. The van der Waals surface area contributed by atoms with Gasteiger partial charge in [0.2, 0.25) is 5.91 Å². The van der Waals surface area contributed by atoms with E-state index < -0.39 is 11.9 Å². The molecule has 0 aromatic rings. The first-order valence-electron chi connectivity index (χ1n) is 6.45. The normalized spacial score (nSPS) is 28.1. The van der Waals surface area contributed by atoms with Crippen molar-refractivity contribution in [1.82, 2.24) is 4.90 Å². The van der Waals surface area contributed by atoms with E-state index in [0.717, 1.165) is 19.4 Å². The maximum Gasteiger partial charge on any atom is 0.307 e. The van der Waals surface area contributed by atoms with Crippen molar-refractivity contribution in [2.45, 2.75) is 39.5 Å². The molecule has 1 aliphatic rings. The van der Waals surface area contributed by atoms with Crippen LogP contribution < -0.4 is 0 Å². The standard InChI is InChI=1S/C13H23NO3/c1-4-5-6-14(3)12(15)10-7-9(2)8-11(10)13(16)17/h9-11H,4-8H2,1-3H3,(H,16,17). The number of aliphatic carboxylic acids is 1. The fourth-order valence-electron chi connectivity index (χ4n) is 2.63. The molecule has 0 aromatic carbocycles. The fourth-order valence-corrected chi connectivity index (χ4v) is 2.63. The summed E-state index contributed by atoms with van der Waals surface area (Å²) in [5.74, 6) is -1.28. The molecule has 98 valence electrons. The molecule has 0 aromatic heterocycles. The number of amides is 1. The van der Waals surface area contributed by atoms with E-state index >= 15 is 0 Å². The Morgan fingerprint density at radius 3 is 2.41 bits per heavy atom. The van der Waals surface area contributed by atoms with Gasteiger partial charge in [-0.1, -0.05) is 20.3 Å². The number of hydrogen-bond acceptors (Lipinski definition) is 2. The SMILES string of the molecule is CCCCN(C)C(=O)C1CC(C)CC1C(=O)O. The van der Waals surface area contributed by atoms with Crippen LogP contribution in [0, 0.1) is 17.8 Å². The minimum Gasteiger partial charge on any atom is -0.481 e. The average Bonchev–Trinajstić information content (AvgIpc) is 2.67. The summed E-state index contributed by atoms with van der Waals surface area (Å²) in [6.07, 6.45) is 3.36. The molecule has 4 nitrogen and oxygen atoms in total. The van der Waals surface area contributed by atoms with Gasteiger partial charge in [-0.3, -0.25) is 9.59 Å². The smallest absolute Gasteiger partial charge is 0.307 e. The van der Waals surface area contributed by atoms with Gasteiger partial charge in [-0.2, -0.15) is 0 Å². The predicted octanol–water partition coefficient (Wildman–Crippen LogP) is 1.99. The van der Waals surface area contributed by atoms with Gasteiger partial charge in [-0.25, -0.2) is 0 Å². The average molecular weight is 241 g/mol. The van der Waals surface area contributed by atoms with Gasteiger partial charge >= 0.3 is 5.97 Å². The van der Waals surface area contributed by atoms with Crippen LogP contribution in [0.3, 0.4) is 0 Å². The molecule has 1 rings (SSSR count). The van der Waals surface area contributed by atoms with E-state index in [-0.39, 0.29) is 11.8 Å². The molecule has 0 heterocycles. The van der Waals surface area contributed by atoms with Crippen LogP contribution >= 0.6 is 0 Å². The Balaban J connectivity index is 2.63. The topological polar surface area (TPSA) is 57.6 Å². The minimum atomic E-state index is -0.823. The van der Waals surface area contributed by atoms with Crippen LogP contribution in [0.4, 0.5) is 0 Å². The predicted molar refractivity (Wildman–Crippen MR) is 65.6 cm³/mol. The first kappa shape index (κ1) is 14.0. The van der Waals surface area contributed by atoms with Crippen LogP contribution in [0.15, 0.2) is 0 Å². The van der Waals surface area contributed by atoms with Crippen LogP contribution in [0.5, 0.6) is 0 Å². The molecule has 0 saturated heterocycles. The summed E-state index contributed by atoms with van der Waals surface area (Å²) in [6.45, 7) is 4.83. The van der Waals surface area contributed by atoms with Crippen LogP contribution in [0.1, 0.15) is 39.5 Å². The number of carbonyl (C=O) groups is 2. The summed E-state index contributed by atoms with van der Waals surface area (Å²) in [7, 11) is 1.78. The number of carbonyl (C=O) groups excluding carboxylic acids is 1. The molecule has 1 aliphatic carbocycles. The second-order valence-electron chi connectivity index (χ2n) is 5.24. The third kappa shape index (κ3) is 3.45. The zero-order valence-corrected chi connectivity index (χ0v) is 11.0. The molecule has 0 spiro atoms. The van der Waals surface area contributed by atoms with Crippen molar-refractivity contribution in [3.63, 3.8) is 0 Å². The minimum absolute atomic E-state index is 0.00944. The lowest BCUT2D eigenvalue weighted by molar-refractivity contribution is -0.148. The van der Waals surface area contributed by atoms with Gasteiger partial charge in [0.05, 0.1) is 11.8 Å². The van der Waals surface area contributed by atoms with Gasteiger partial charge < -0.3 is 10.0 Å². The van der Waals surface area contributed by atoms with Crippen LogP contribution in [0.2, 0.25) is 0 Å². The third-order valence-corrected chi connectivity index (χ3v) is 3.66. The van der Waals surface area contributed by atoms with Crippen LogP contribution in [-0.2, 0) is 9.59 Å². The highest BCUT2D eigenvalue weighted by Gasteiger charge is 2.42. The van der Waals surface area contributed by atoms with E-state index in [4.69, 9.17) is 5.11 Å². The Hall–Kier alpha value is -1.06. The van der Waals surface area contributed by atoms with E-state index in [9.17, 15) is 9.59 Å². The molecule has 1 amide bonds. The number of rotatable bonds is 5. The number of unbranched alkanes of at least 4 members (excludes halogenated alkanes) is 1. The summed E-state index contributed by atoms with van der Waals surface area (Å²) < 4.78 is 0. The molecule has 3 unspecified atom stereocenters. The molecular formula is C13H23NO3. The van der Waals surface area contributed by atoms with Crippen molar-refractivity contribution in [2.75, 3.05) is 13.6 Å². The van der Waals surface area contributed by atoms with Gasteiger partial charge in [0.15, 0.2) is 0 Å². The van der Waals surface area contributed by atoms with Crippen LogP contribution in [-0.4, -0.2) is 35.5 Å². The first-order valence-corrected chi connectivity index (χ1v) is 6.45. The molecule has 1 N–H and O–H groups in total. The van der Waals surface area contributed by atoms with E-state index in [0.29, 0.717) is 18.8 Å². The number of nitrogens with zero attached hydrogens (tertiary/aromatic N) is 1. The van der Waals surface area contributed by atoms with Crippen molar-refractivity contribution in [2.24, 2.45) is 17.8 Å². The Kier molecular flexibility index (Phi) is 4.97. The molecule has 1 fully saturated rings. The highest BCUT2D eigenvalue weighted by Crippen LogP contribution is 2.37. The number of hydrogen-bond donors (Lipinski definition) is 1. The second kappa shape index (κ2) is 6.03. The van der Waals surface area contributed by atoms with Gasteiger partial charge in [-0.05, 0) is 25.2 Å². The summed E-state index contributed by atoms with van der Waals surface area (Å²) in [5.41, 5.74) is 0. The molecule has 0 aliphatic heterocycles. The van der Waals surface area contributed by atoms with Crippen molar-refractivity contribution < 1.29 is 14.7 Å². The number of carboxylic acids is 1. The van der Waals surface area contributed by atoms with E-state index in [1.54, 1.807) is 11.9 Å². The van der Waals surface area contributed by atoms with Crippen molar-refractivity contribution in [1.29, 1.82) is 0 Å². The van der Waals surface area contributed by atoms with Crippen molar-refractivity contribution in [3.05, 3.63) is 0 Å². The Morgan fingerprint density at radius 1 is 1.29 bits per heavy atom. The van der Waals surface area contributed by atoms with Gasteiger partial charge in [-0.15, -0.1) is 0 Å². The summed E-state index contributed by atoms with van der Waals surface area (Å²) in [5, 5.41) is 9.14. The molecule has 0 radical (unpaired) electrons. The maximum absolute atomic E-state index is 12.2. The molecule has 1 saturated carbocycles. The van der Waals surface area contributed by atoms with Gasteiger partial charge in [0, 0.05) is 13.6 Å². The lowest BCUT2D eigenvalue weighted by Crippen LogP contribution is -2.37. The lowest BCUT2D eigenvalue weighted by Gasteiger charge is -2.23. The molecule has 3 atom stereocenters. The van der Waals surface area contributed by atoms with Crippen LogP contribution in [0.25, 0.3) is 0 Å². The Morgan fingerprint density at radius 2 is 1.88 bits per heavy atom. The van der Waals surface area contributed by atoms with E-state index in [2.05, 4.69) is 6.92 Å². The zero-order chi connectivity index (χ0) is 13.0. The van der Waals surface area contributed by atoms with Crippen molar-refractivity contribution in [3.8, 4) is 0 Å². The highest BCUT2D eigenvalue weighted by atomic mass is 16.4. The fraction of sp³-hybridized carbons (Fsp3) is 0.846. The molecule has 17 heavy (non-hydrogen) atoms. The quantitative estimate of drug-likeness (QED) is 0.800. The summed E-state index contributed by atoms with van der Waals surface area (Å²) in [6, 6.07) is 0. The Bertz CT molecular complexity index is 290. The van der Waals surface area contributed by atoms with E-state index in [1.165, 1.54) is 0 Å². The van der Waals surface area contributed by atoms with Gasteiger partial charge in [0.1, 0.15) is 0 Å². The lowest BCUT2D eigenvalue weighted by atomic mass is 9.95. The van der Waals surface area contributed by atoms with Crippen molar-refractivity contribution >= 4 is 11.9 Å².